The maximum absolute atomic E-state index is 5.94. The third-order valence-electron chi connectivity index (χ3n) is 3.21. The Morgan fingerprint density at radius 1 is 1.43 bits per heavy atom. The van der Waals surface area contributed by atoms with Gasteiger partial charge in [0.25, 0.3) is 0 Å². The first kappa shape index (κ1) is 10.7. The summed E-state index contributed by atoms with van der Waals surface area (Å²) in [6.07, 6.45) is 4.56. The average Bonchev–Trinajstić information content (AvgIpc) is 2.24. The third kappa shape index (κ3) is 2.42. The molecule has 0 aromatic heterocycles. The Kier molecular flexibility index (Phi) is 3.71. The van der Waals surface area contributed by atoms with Crippen molar-refractivity contribution in [1.29, 1.82) is 0 Å². The van der Waals surface area contributed by atoms with Crippen molar-refractivity contribution >= 4 is 11.8 Å². The number of nitrogens with one attached hydrogen (secondary N) is 1. The molecular formula is C10H20N2OS. The van der Waals surface area contributed by atoms with Gasteiger partial charge in [0.05, 0.1) is 12.2 Å². The van der Waals surface area contributed by atoms with Gasteiger partial charge in [-0.2, -0.15) is 0 Å². The molecule has 0 unspecified atom stereocenters. The molecular weight excluding hydrogens is 196 g/mol. The Hall–Kier alpha value is 0.230. The predicted octanol–water partition coefficient (Wildman–Crippen LogP) is 0.761. The lowest BCUT2D eigenvalue weighted by atomic mass is 9.90. The molecule has 0 aromatic carbocycles. The van der Waals surface area contributed by atoms with Gasteiger partial charge in [0.1, 0.15) is 0 Å². The summed E-state index contributed by atoms with van der Waals surface area (Å²) in [5.74, 6) is 1.17. The van der Waals surface area contributed by atoms with Crippen LogP contribution < -0.4 is 5.32 Å². The first-order chi connectivity index (χ1) is 6.85. The summed E-state index contributed by atoms with van der Waals surface area (Å²) < 4.78 is 5.94. The number of hydrogen-bond acceptors (Lipinski definition) is 4. The lowest BCUT2D eigenvalue weighted by Crippen LogP contribution is -2.55. The van der Waals surface area contributed by atoms with Crippen LogP contribution in [0.1, 0.15) is 12.8 Å². The van der Waals surface area contributed by atoms with Crippen LogP contribution in [0.15, 0.2) is 0 Å². The number of thioether (sulfide) groups is 1. The summed E-state index contributed by atoms with van der Waals surface area (Å²) in [7, 11) is 0. The summed E-state index contributed by atoms with van der Waals surface area (Å²) in [6.45, 7) is 5.37. The highest BCUT2D eigenvalue weighted by molar-refractivity contribution is 7.98. The lowest BCUT2D eigenvalue weighted by Gasteiger charge is -2.43. The topological polar surface area (TPSA) is 24.5 Å². The van der Waals surface area contributed by atoms with E-state index < -0.39 is 0 Å². The highest BCUT2D eigenvalue weighted by Crippen LogP contribution is 2.27. The van der Waals surface area contributed by atoms with E-state index >= 15 is 0 Å². The Morgan fingerprint density at radius 2 is 2.21 bits per heavy atom. The highest BCUT2D eigenvalue weighted by atomic mass is 32.2. The van der Waals surface area contributed by atoms with Crippen LogP contribution in [0, 0.1) is 0 Å². The Labute approximate surface area is 90.6 Å². The van der Waals surface area contributed by atoms with E-state index in [1.807, 2.05) is 11.8 Å². The molecule has 2 saturated heterocycles. The van der Waals surface area contributed by atoms with E-state index in [-0.39, 0.29) is 5.60 Å². The number of nitrogens with zero attached hydrogens (tertiary/aromatic N) is 1. The molecule has 0 amide bonds. The van der Waals surface area contributed by atoms with Gasteiger partial charge in [-0.25, -0.2) is 0 Å². The zero-order valence-corrected chi connectivity index (χ0v) is 9.74. The predicted molar refractivity (Wildman–Crippen MR) is 60.7 cm³/mol. The van der Waals surface area contributed by atoms with Gasteiger partial charge in [-0.05, 0) is 19.1 Å². The minimum atomic E-state index is 0.174. The van der Waals surface area contributed by atoms with Crippen LogP contribution in [-0.4, -0.2) is 55.4 Å². The second kappa shape index (κ2) is 4.84. The summed E-state index contributed by atoms with van der Waals surface area (Å²) in [6, 6.07) is 0. The van der Waals surface area contributed by atoms with E-state index in [1.165, 1.54) is 31.8 Å². The molecule has 2 heterocycles. The molecule has 3 nitrogen and oxygen atoms in total. The van der Waals surface area contributed by atoms with Gasteiger partial charge in [-0.15, -0.1) is 11.8 Å². The molecule has 0 aliphatic carbocycles. The van der Waals surface area contributed by atoms with Gasteiger partial charge in [-0.1, -0.05) is 0 Å². The van der Waals surface area contributed by atoms with Crippen LogP contribution in [-0.2, 0) is 4.74 Å². The molecule has 14 heavy (non-hydrogen) atoms. The van der Waals surface area contributed by atoms with Gasteiger partial charge in [0.15, 0.2) is 0 Å². The second-order valence-electron chi connectivity index (χ2n) is 4.24. The molecule has 82 valence electrons. The van der Waals surface area contributed by atoms with Crippen molar-refractivity contribution in [1.82, 2.24) is 10.2 Å². The van der Waals surface area contributed by atoms with Crippen LogP contribution in [0.2, 0.25) is 0 Å². The minimum absolute atomic E-state index is 0.174. The van der Waals surface area contributed by atoms with Crippen molar-refractivity contribution in [2.24, 2.45) is 0 Å². The average molecular weight is 216 g/mol. The third-order valence-corrected chi connectivity index (χ3v) is 3.84. The lowest BCUT2D eigenvalue weighted by molar-refractivity contribution is -0.0976. The fourth-order valence-corrected chi connectivity index (χ4v) is 2.92. The summed E-state index contributed by atoms with van der Waals surface area (Å²) in [5, 5.41) is 3.44. The van der Waals surface area contributed by atoms with Crippen molar-refractivity contribution in [3.8, 4) is 0 Å². The monoisotopic (exact) mass is 216 g/mol. The van der Waals surface area contributed by atoms with Crippen LogP contribution in [0.5, 0.6) is 0 Å². The van der Waals surface area contributed by atoms with E-state index in [0.717, 1.165) is 19.7 Å². The second-order valence-corrected chi connectivity index (χ2v) is 5.08. The van der Waals surface area contributed by atoms with Crippen molar-refractivity contribution in [2.45, 2.75) is 18.4 Å². The number of hydrogen-bond donors (Lipinski definition) is 1. The number of ether oxygens (including phenoxy) is 1. The van der Waals surface area contributed by atoms with Gasteiger partial charge >= 0.3 is 0 Å². The highest BCUT2D eigenvalue weighted by Gasteiger charge is 2.36. The van der Waals surface area contributed by atoms with E-state index in [1.54, 1.807) is 0 Å². The van der Waals surface area contributed by atoms with Crippen molar-refractivity contribution in [3.63, 3.8) is 0 Å². The fraction of sp³-hybridized carbons (Fsp3) is 1.00. The molecule has 0 aromatic rings. The zero-order valence-electron chi connectivity index (χ0n) is 8.92. The molecule has 1 N–H and O–H groups in total. The Morgan fingerprint density at radius 3 is 2.79 bits per heavy atom. The Balaban J connectivity index is 1.81. The number of piperidine rings is 1. The molecule has 1 spiro atoms. The molecule has 2 rings (SSSR count). The first-order valence-electron chi connectivity index (χ1n) is 5.41. The Bertz CT molecular complexity index is 173. The van der Waals surface area contributed by atoms with E-state index in [2.05, 4.69) is 16.5 Å². The smallest absolute Gasteiger partial charge is 0.0831 e. The van der Waals surface area contributed by atoms with Gasteiger partial charge in [-0.3, -0.25) is 4.90 Å². The molecule has 4 heteroatoms. The molecule has 0 atom stereocenters. The summed E-state index contributed by atoms with van der Waals surface area (Å²) in [5.41, 5.74) is 0.174. The largest absolute Gasteiger partial charge is 0.372 e. The molecule has 0 saturated carbocycles. The summed E-state index contributed by atoms with van der Waals surface area (Å²) in [4.78, 5) is 2.52. The molecule has 2 aliphatic rings. The van der Waals surface area contributed by atoms with E-state index in [4.69, 9.17) is 4.74 Å². The van der Waals surface area contributed by atoms with Crippen molar-refractivity contribution < 1.29 is 4.74 Å². The SMILES string of the molecule is CSCN1CCC2(CC1)CNCCO2. The van der Waals surface area contributed by atoms with Gasteiger partial charge in [0.2, 0.25) is 0 Å². The van der Waals surface area contributed by atoms with Gasteiger partial charge in [0, 0.05) is 32.1 Å². The van der Waals surface area contributed by atoms with Crippen molar-refractivity contribution in [3.05, 3.63) is 0 Å². The van der Waals surface area contributed by atoms with Crippen LogP contribution >= 0.6 is 11.8 Å². The normalized spacial score (nSPS) is 28.1. The van der Waals surface area contributed by atoms with Crippen molar-refractivity contribution in [2.75, 3.05) is 44.9 Å². The zero-order chi connectivity index (χ0) is 9.86. The maximum atomic E-state index is 5.94. The molecule has 0 radical (unpaired) electrons. The molecule has 2 fully saturated rings. The fourth-order valence-electron chi connectivity index (χ4n) is 2.30. The number of morpholine rings is 1. The van der Waals surface area contributed by atoms with Crippen LogP contribution in [0.25, 0.3) is 0 Å². The van der Waals surface area contributed by atoms with Crippen LogP contribution in [0.4, 0.5) is 0 Å². The summed E-state index contributed by atoms with van der Waals surface area (Å²) >= 11 is 1.91. The minimum Gasteiger partial charge on any atom is -0.372 e. The van der Waals surface area contributed by atoms with Gasteiger partial charge < -0.3 is 10.1 Å². The first-order valence-corrected chi connectivity index (χ1v) is 6.80. The quantitative estimate of drug-likeness (QED) is 0.736. The standard InChI is InChI=1S/C10H20N2OS/c1-14-9-12-5-2-10(3-6-12)8-11-4-7-13-10/h11H,2-9H2,1H3. The maximum Gasteiger partial charge on any atom is 0.0831 e. The van der Waals surface area contributed by atoms with Crippen LogP contribution in [0.3, 0.4) is 0 Å². The molecule has 2 aliphatic heterocycles. The number of rotatable bonds is 2. The van der Waals surface area contributed by atoms with E-state index in [9.17, 15) is 0 Å². The van der Waals surface area contributed by atoms with E-state index in [0.29, 0.717) is 0 Å². The molecule has 0 bridgehead atoms. The number of likely N-dealkylation sites (tertiary alicyclic amines) is 1.